The van der Waals surface area contributed by atoms with Gasteiger partial charge < -0.3 is 4.90 Å². The first-order valence-corrected chi connectivity index (χ1v) is 7.96. The second-order valence-electron chi connectivity index (χ2n) is 6.26. The lowest BCUT2D eigenvalue weighted by Gasteiger charge is -2.42. The van der Waals surface area contributed by atoms with Gasteiger partial charge in [-0.25, -0.2) is 9.79 Å². The van der Waals surface area contributed by atoms with E-state index >= 15 is 0 Å². The van der Waals surface area contributed by atoms with E-state index in [1.54, 1.807) is 16.1 Å². The Hall–Kier alpha value is -1.92. The highest BCUT2D eigenvalue weighted by Gasteiger charge is 2.54. The second-order valence-corrected chi connectivity index (χ2v) is 6.26. The molecule has 0 radical (unpaired) electrons. The Kier molecular flexibility index (Phi) is 3.88. The second kappa shape index (κ2) is 5.70. The summed E-state index contributed by atoms with van der Waals surface area (Å²) in [5.74, 6) is -0.242. The summed E-state index contributed by atoms with van der Waals surface area (Å²) in [6.07, 6.45) is 4.73. The fraction of sp³-hybridized carbons (Fsp3) is 0.733. The summed E-state index contributed by atoms with van der Waals surface area (Å²) in [5.41, 5.74) is 0. The van der Waals surface area contributed by atoms with Crippen molar-refractivity contribution in [3.63, 3.8) is 0 Å². The lowest BCUT2D eigenvalue weighted by atomic mass is 10.1. The van der Waals surface area contributed by atoms with Gasteiger partial charge in [-0.2, -0.15) is 0 Å². The molecule has 2 heterocycles. The van der Waals surface area contributed by atoms with Crippen LogP contribution in [0.4, 0.5) is 4.79 Å². The van der Waals surface area contributed by atoms with Crippen molar-refractivity contribution in [3.8, 4) is 0 Å². The first-order valence-electron chi connectivity index (χ1n) is 7.96. The number of unbranched alkanes of at least 4 members (excludes halogenated alkanes) is 1. The number of amides is 3. The molecule has 2 fully saturated rings. The highest BCUT2D eigenvalue weighted by Crippen LogP contribution is 2.36. The molecule has 7 nitrogen and oxygen atoms in total. The Labute approximate surface area is 129 Å². The van der Waals surface area contributed by atoms with Crippen LogP contribution in [-0.2, 0) is 9.59 Å². The number of carbonyl (C=O) groups excluding carboxylic acids is 3. The Balaban J connectivity index is 1.86. The van der Waals surface area contributed by atoms with Crippen molar-refractivity contribution in [1.29, 1.82) is 0 Å². The molecule has 0 aromatic carbocycles. The van der Waals surface area contributed by atoms with Crippen molar-refractivity contribution in [2.75, 3.05) is 13.1 Å². The van der Waals surface area contributed by atoms with Gasteiger partial charge in [-0.05, 0) is 26.2 Å². The van der Waals surface area contributed by atoms with E-state index in [4.69, 9.17) is 0 Å². The van der Waals surface area contributed by atoms with Crippen LogP contribution in [0, 0.1) is 0 Å². The monoisotopic (exact) mass is 306 g/mol. The molecule has 120 valence electrons. The maximum atomic E-state index is 12.7. The van der Waals surface area contributed by atoms with E-state index in [0.29, 0.717) is 6.54 Å². The van der Waals surface area contributed by atoms with Gasteiger partial charge in [0.25, 0.3) is 5.91 Å². The molecule has 22 heavy (non-hydrogen) atoms. The topological polar surface area (TPSA) is 73.3 Å². The Bertz CT molecular complexity index is 529. The molecule has 2 unspecified atom stereocenters. The van der Waals surface area contributed by atoms with E-state index in [2.05, 4.69) is 4.99 Å². The molecule has 3 aliphatic rings. The standard InChI is InChI=1S/C15H22N4O3/c1-3-4-7-18-14(21)12-13(16-9-17(12)8-10(2)20)19(15(18)22)11-5-6-11/h9,11-13H,3-8H2,1-2H3. The number of carbonyl (C=O) groups is 3. The van der Waals surface area contributed by atoms with Crippen LogP contribution in [0.2, 0.25) is 0 Å². The molecule has 2 atom stereocenters. The number of fused-ring (bicyclic) bond motifs is 1. The fourth-order valence-corrected chi connectivity index (χ4v) is 3.12. The Morgan fingerprint density at radius 1 is 1.36 bits per heavy atom. The molecule has 1 saturated heterocycles. The number of Topliss-reactive ketones (excluding diaryl/α,β-unsaturated/α-hetero) is 1. The largest absolute Gasteiger partial charge is 0.340 e. The van der Waals surface area contributed by atoms with Gasteiger partial charge in [0.15, 0.2) is 12.2 Å². The Morgan fingerprint density at radius 2 is 2.09 bits per heavy atom. The first-order chi connectivity index (χ1) is 10.5. The smallest absolute Gasteiger partial charge is 0.328 e. The number of nitrogens with zero attached hydrogens (tertiary/aromatic N) is 4. The van der Waals surface area contributed by atoms with Crippen molar-refractivity contribution in [2.24, 2.45) is 4.99 Å². The van der Waals surface area contributed by atoms with Crippen LogP contribution >= 0.6 is 0 Å². The summed E-state index contributed by atoms with van der Waals surface area (Å²) in [5, 5.41) is 0. The maximum absolute atomic E-state index is 12.7. The number of rotatable bonds is 6. The predicted molar refractivity (Wildman–Crippen MR) is 80.3 cm³/mol. The van der Waals surface area contributed by atoms with Crippen LogP contribution in [0.3, 0.4) is 0 Å². The van der Waals surface area contributed by atoms with Gasteiger partial charge >= 0.3 is 6.03 Å². The van der Waals surface area contributed by atoms with E-state index in [1.165, 1.54) is 11.8 Å². The minimum Gasteiger partial charge on any atom is -0.340 e. The van der Waals surface area contributed by atoms with Crippen molar-refractivity contribution in [3.05, 3.63) is 0 Å². The third kappa shape index (κ3) is 2.48. The van der Waals surface area contributed by atoms with Crippen molar-refractivity contribution >= 4 is 24.1 Å². The average Bonchev–Trinajstić information content (AvgIpc) is 3.20. The zero-order chi connectivity index (χ0) is 15.9. The van der Waals surface area contributed by atoms with Gasteiger partial charge in [-0.15, -0.1) is 0 Å². The number of hydrogen-bond donors (Lipinski definition) is 0. The highest BCUT2D eigenvalue weighted by atomic mass is 16.2. The molecular formula is C15H22N4O3. The van der Waals surface area contributed by atoms with Gasteiger partial charge in [-0.1, -0.05) is 13.3 Å². The normalized spacial score (nSPS) is 27.6. The quantitative estimate of drug-likeness (QED) is 0.729. The van der Waals surface area contributed by atoms with Gasteiger partial charge in [0.1, 0.15) is 5.78 Å². The molecule has 0 aromatic rings. The van der Waals surface area contributed by atoms with Crippen LogP contribution in [0.15, 0.2) is 4.99 Å². The van der Waals surface area contributed by atoms with Gasteiger partial charge in [0, 0.05) is 12.6 Å². The zero-order valence-electron chi connectivity index (χ0n) is 13.1. The fourth-order valence-electron chi connectivity index (χ4n) is 3.12. The molecule has 0 N–H and O–H groups in total. The SMILES string of the molecule is CCCCN1C(=O)C2C(N=CN2CC(C)=O)N(C2CC2)C1=O. The molecule has 3 amide bonds. The molecule has 1 aliphatic carbocycles. The first kappa shape index (κ1) is 15.0. The van der Waals surface area contributed by atoms with E-state index in [9.17, 15) is 14.4 Å². The van der Waals surface area contributed by atoms with Crippen molar-refractivity contribution < 1.29 is 14.4 Å². The third-order valence-corrected chi connectivity index (χ3v) is 4.34. The molecule has 3 rings (SSSR count). The molecule has 0 aromatic heterocycles. The summed E-state index contributed by atoms with van der Waals surface area (Å²) in [6.45, 7) is 4.12. The van der Waals surface area contributed by atoms with Gasteiger partial charge in [0.2, 0.25) is 0 Å². The van der Waals surface area contributed by atoms with Crippen molar-refractivity contribution in [2.45, 2.75) is 57.8 Å². The van der Waals surface area contributed by atoms with Crippen LogP contribution < -0.4 is 0 Å². The van der Waals surface area contributed by atoms with E-state index in [0.717, 1.165) is 25.7 Å². The molecule has 2 aliphatic heterocycles. The van der Waals surface area contributed by atoms with Crippen molar-refractivity contribution in [1.82, 2.24) is 14.7 Å². The Morgan fingerprint density at radius 3 is 2.68 bits per heavy atom. The number of imide groups is 1. The summed E-state index contributed by atoms with van der Waals surface area (Å²) < 4.78 is 0. The summed E-state index contributed by atoms with van der Waals surface area (Å²) >= 11 is 0. The summed E-state index contributed by atoms with van der Waals surface area (Å²) in [4.78, 5) is 46.0. The minimum absolute atomic E-state index is 0.0186. The maximum Gasteiger partial charge on any atom is 0.328 e. The average molecular weight is 306 g/mol. The zero-order valence-corrected chi connectivity index (χ0v) is 13.1. The highest BCUT2D eigenvalue weighted by molar-refractivity contribution is 6.02. The molecule has 7 heteroatoms. The summed E-state index contributed by atoms with van der Waals surface area (Å²) in [7, 11) is 0. The minimum atomic E-state index is -0.543. The molecule has 0 bridgehead atoms. The van der Waals surface area contributed by atoms with E-state index in [-0.39, 0.29) is 30.3 Å². The van der Waals surface area contributed by atoms with E-state index < -0.39 is 12.2 Å². The number of urea groups is 1. The van der Waals surface area contributed by atoms with Crippen LogP contribution in [-0.4, -0.2) is 70.1 Å². The van der Waals surface area contributed by atoms with Gasteiger partial charge in [-0.3, -0.25) is 19.4 Å². The molecule has 1 saturated carbocycles. The molecular weight excluding hydrogens is 284 g/mol. The van der Waals surface area contributed by atoms with Crippen LogP contribution in [0.1, 0.15) is 39.5 Å². The lowest BCUT2D eigenvalue weighted by molar-refractivity contribution is -0.138. The predicted octanol–water partition coefficient (Wildman–Crippen LogP) is 0.841. The number of hydrogen-bond acceptors (Lipinski definition) is 5. The molecule has 0 spiro atoms. The van der Waals surface area contributed by atoms with Crippen LogP contribution in [0.25, 0.3) is 0 Å². The number of ketones is 1. The van der Waals surface area contributed by atoms with Crippen LogP contribution in [0.5, 0.6) is 0 Å². The summed E-state index contributed by atoms with van der Waals surface area (Å²) in [6, 6.07) is -0.574. The van der Waals surface area contributed by atoms with E-state index in [1.807, 2.05) is 6.92 Å². The number of aliphatic imine (C=N–C) groups is 1. The third-order valence-electron chi connectivity index (χ3n) is 4.34. The lowest BCUT2D eigenvalue weighted by Crippen LogP contribution is -2.66. The van der Waals surface area contributed by atoms with Gasteiger partial charge in [0.05, 0.1) is 12.9 Å².